The lowest BCUT2D eigenvalue weighted by Gasteiger charge is -2.52. The molecule has 1 atom stereocenters. The van der Waals surface area contributed by atoms with Gasteiger partial charge in [-0.25, -0.2) is 0 Å². The fourth-order valence-electron chi connectivity index (χ4n) is 5.98. The highest BCUT2D eigenvalue weighted by molar-refractivity contribution is 7.21. The summed E-state index contributed by atoms with van der Waals surface area (Å²) in [4.78, 5) is 16.9. The van der Waals surface area contributed by atoms with Gasteiger partial charge in [0.05, 0.1) is 11.5 Å². The maximum atomic E-state index is 13.2. The maximum Gasteiger partial charge on any atom is 0.173 e. The van der Waals surface area contributed by atoms with E-state index >= 15 is 0 Å². The standard InChI is InChI=1S/C22H25NO2S/c24-18(13-17-14-5-9-23(10-6-14)22(17)7-8-22)20-12-15-3-4-19-16(21(15)26-20)2-1-11-25-19/h3-4,12,14,17H,1-2,5-11,13H2/t17-/m1/s1. The van der Waals surface area contributed by atoms with Crippen LogP contribution in [0.2, 0.25) is 0 Å². The molecule has 5 aliphatic rings. The minimum atomic E-state index is 0.377. The summed E-state index contributed by atoms with van der Waals surface area (Å²) in [5, 5.41) is 1.22. The van der Waals surface area contributed by atoms with E-state index in [9.17, 15) is 4.79 Å². The molecule has 0 N–H and O–H groups in total. The van der Waals surface area contributed by atoms with Crippen LogP contribution in [0, 0.1) is 11.8 Å². The van der Waals surface area contributed by atoms with Gasteiger partial charge in [0.25, 0.3) is 0 Å². The molecule has 4 heteroatoms. The van der Waals surface area contributed by atoms with Gasteiger partial charge < -0.3 is 4.74 Å². The summed E-state index contributed by atoms with van der Waals surface area (Å²) in [6.45, 7) is 3.35. The van der Waals surface area contributed by atoms with Gasteiger partial charge >= 0.3 is 0 Å². The van der Waals surface area contributed by atoms with Gasteiger partial charge in [0.15, 0.2) is 5.78 Å². The molecule has 1 aliphatic carbocycles. The minimum absolute atomic E-state index is 0.377. The van der Waals surface area contributed by atoms with Crippen LogP contribution in [-0.4, -0.2) is 35.9 Å². The molecule has 7 rings (SSSR count). The number of nitrogens with zero attached hydrogens (tertiary/aromatic N) is 1. The second-order valence-electron chi connectivity index (χ2n) is 8.69. The van der Waals surface area contributed by atoms with Crippen LogP contribution in [0.3, 0.4) is 0 Å². The fraction of sp³-hybridized carbons (Fsp3) is 0.591. The lowest BCUT2D eigenvalue weighted by Crippen LogP contribution is -2.57. The van der Waals surface area contributed by atoms with Crippen LogP contribution in [0.1, 0.15) is 53.8 Å². The quantitative estimate of drug-likeness (QED) is 0.738. The van der Waals surface area contributed by atoms with Crippen LogP contribution in [0.4, 0.5) is 0 Å². The van der Waals surface area contributed by atoms with Gasteiger partial charge in [-0.15, -0.1) is 11.3 Å². The Kier molecular flexibility index (Phi) is 3.34. The van der Waals surface area contributed by atoms with Crippen molar-refractivity contribution in [1.29, 1.82) is 0 Å². The van der Waals surface area contributed by atoms with Gasteiger partial charge in [-0.2, -0.15) is 0 Å². The van der Waals surface area contributed by atoms with Crippen LogP contribution in [0.15, 0.2) is 18.2 Å². The van der Waals surface area contributed by atoms with Crippen LogP contribution >= 0.6 is 11.3 Å². The topological polar surface area (TPSA) is 29.5 Å². The van der Waals surface area contributed by atoms with Crippen LogP contribution in [-0.2, 0) is 6.42 Å². The predicted molar refractivity (Wildman–Crippen MR) is 104 cm³/mol. The lowest BCUT2D eigenvalue weighted by molar-refractivity contribution is -0.0273. The second-order valence-corrected chi connectivity index (χ2v) is 9.74. The normalized spacial score (nSPS) is 31.0. The minimum Gasteiger partial charge on any atom is -0.493 e. The van der Waals surface area contributed by atoms with Gasteiger partial charge in [0.1, 0.15) is 5.75 Å². The number of ketones is 1. The van der Waals surface area contributed by atoms with E-state index in [1.807, 2.05) is 0 Å². The number of rotatable bonds is 3. The smallest absolute Gasteiger partial charge is 0.173 e. The van der Waals surface area contributed by atoms with Crippen molar-refractivity contribution < 1.29 is 9.53 Å². The molecule has 136 valence electrons. The first kappa shape index (κ1) is 15.6. The Morgan fingerprint density at radius 1 is 1.27 bits per heavy atom. The first-order valence-corrected chi connectivity index (χ1v) is 11.0. The molecule has 1 aromatic carbocycles. The van der Waals surface area contributed by atoms with E-state index in [-0.39, 0.29) is 0 Å². The number of aryl methyl sites for hydroxylation is 1. The van der Waals surface area contributed by atoms with Crippen molar-refractivity contribution >= 4 is 27.2 Å². The van der Waals surface area contributed by atoms with E-state index in [0.29, 0.717) is 17.2 Å². The van der Waals surface area contributed by atoms with Crippen LogP contribution in [0.25, 0.3) is 10.1 Å². The maximum absolute atomic E-state index is 13.2. The number of hydrogen-bond donors (Lipinski definition) is 0. The van der Waals surface area contributed by atoms with E-state index < -0.39 is 0 Å². The Hall–Kier alpha value is -1.39. The Balaban J connectivity index is 1.31. The molecular formula is C22H25NO2S. The average molecular weight is 368 g/mol. The molecule has 0 unspecified atom stereocenters. The monoisotopic (exact) mass is 367 g/mol. The zero-order chi connectivity index (χ0) is 17.3. The molecule has 2 aromatic rings. The number of ether oxygens (including phenoxy) is 1. The molecule has 26 heavy (non-hydrogen) atoms. The molecule has 3 nitrogen and oxygen atoms in total. The number of Topliss-reactive ketones (excluding diaryl/α,β-unsaturated/α-hetero) is 1. The SMILES string of the molecule is O=C(C[C@@H]1C2CCN(CC2)C12CC2)c1cc2ccc3c(c2s1)CCCO3. The van der Waals surface area contributed by atoms with Gasteiger partial charge in [0.2, 0.25) is 0 Å². The molecule has 0 radical (unpaired) electrons. The first-order valence-electron chi connectivity index (χ1n) is 10.2. The van der Waals surface area contributed by atoms with Crippen molar-refractivity contribution in [3.8, 4) is 5.75 Å². The summed E-state index contributed by atoms with van der Waals surface area (Å²) in [5.41, 5.74) is 1.72. The van der Waals surface area contributed by atoms with Crippen LogP contribution < -0.4 is 4.74 Å². The predicted octanol–water partition coefficient (Wildman–Crippen LogP) is 4.67. The third-order valence-corrected chi connectivity index (χ3v) is 8.70. The molecule has 4 aliphatic heterocycles. The molecule has 4 fully saturated rings. The summed E-state index contributed by atoms with van der Waals surface area (Å²) < 4.78 is 7.09. The number of carbonyl (C=O) groups is 1. The Morgan fingerprint density at radius 2 is 2.12 bits per heavy atom. The summed E-state index contributed by atoms with van der Waals surface area (Å²) in [7, 11) is 0. The number of thiophene rings is 1. The number of fused-ring (bicyclic) bond motifs is 5. The highest BCUT2D eigenvalue weighted by Gasteiger charge is 2.60. The van der Waals surface area contributed by atoms with Gasteiger partial charge in [-0.1, -0.05) is 0 Å². The molecule has 2 bridgehead atoms. The van der Waals surface area contributed by atoms with Crippen LogP contribution in [0.5, 0.6) is 5.75 Å². The summed E-state index contributed by atoms with van der Waals surface area (Å²) in [6.07, 6.45) is 8.15. The molecule has 1 aromatic heterocycles. The molecular weight excluding hydrogens is 342 g/mol. The largest absolute Gasteiger partial charge is 0.493 e. The van der Waals surface area contributed by atoms with E-state index in [1.54, 1.807) is 11.3 Å². The molecule has 1 spiro atoms. The van der Waals surface area contributed by atoms with Gasteiger partial charge in [0, 0.05) is 22.2 Å². The number of benzene rings is 1. The number of hydrogen-bond acceptors (Lipinski definition) is 4. The lowest BCUT2D eigenvalue weighted by atomic mass is 9.70. The summed E-state index contributed by atoms with van der Waals surface area (Å²) in [5.74, 6) is 2.78. The van der Waals surface area contributed by atoms with Crippen molar-refractivity contribution in [2.24, 2.45) is 11.8 Å². The van der Waals surface area contributed by atoms with Crippen molar-refractivity contribution in [2.75, 3.05) is 19.7 Å². The first-order chi connectivity index (χ1) is 12.7. The van der Waals surface area contributed by atoms with E-state index in [4.69, 9.17) is 4.74 Å². The number of carbonyl (C=O) groups excluding carboxylic acids is 1. The molecule has 1 saturated carbocycles. The third-order valence-electron chi connectivity index (χ3n) is 7.45. The third kappa shape index (κ3) is 2.18. The van der Waals surface area contributed by atoms with Gasteiger partial charge in [-0.3, -0.25) is 9.69 Å². The summed E-state index contributed by atoms with van der Waals surface area (Å²) >= 11 is 1.71. The van der Waals surface area contributed by atoms with Crippen molar-refractivity contribution in [1.82, 2.24) is 4.90 Å². The molecule has 3 saturated heterocycles. The Labute approximate surface area is 158 Å². The zero-order valence-electron chi connectivity index (χ0n) is 15.1. The van der Waals surface area contributed by atoms with Crippen molar-refractivity contribution in [2.45, 2.75) is 50.5 Å². The Morgan fingerprint density at radius 3 is 2.92 bits per heavy atom. The highest BCUT2D eigenvalue weighted by atomic mass is 32.1. The molecule has 0 amide bonds. The number of piperidine rings is 3. The highest BCUT2D eigenvalue weighted by Crippen LogP contribution is 2.58. The van der Waals surface area contributed by atoms with Gasteiger partial charge in [-0.05, 0) is 87.0 Å². The zero-order valence-corrected chi connectivity index (χ0v) is 15.9. The summed E-state index contributed by atoms with van der Waals surface area (Å²) in [6, 6.07) is 6.35. The average Bonchev–Trinajstić information content (AvgIpc) is 3.33. The molecule has 5 heterocycles. The second kappa shape index (κ2) is 5.56. The van der Waals surface area contributed by atoms with Crippen molar-refractivity contribution in [3.05, 3.63) is 28.6 Å². The Bertz CT molecular complexity index is 889. The van der Waals surface area contributed by atoms with E-state index in [0.717, 1.165) is 42.4 Å². The van der Waals surface area contributed by atoms with E-state index in [1.165, 1.54) is 54.4 Å². The fourth-order valence-corrected chi connectivity index (χ4v) is 7.15. The van der Waals surface area contributed by atoms with E-state index in [2.05, 4.69) is 23.1 Å². The van der Waals surface area contributed by atoms with Crippen molar-refractivity contribution in [3.63, 3.8) is 0 Å².